The minimum absolute atomic E-state index is 0.338. The van der Waals surface area contributed by atoms with Crippen LogP contribution in [0, 0.1) is 0 Å². The summed E-state index contributed by atoms with van der Waals surface area (Å²) >= 11 is 0. The summed E-state index contributed by atoms with van der Waals surface area (Å²) in [6, 6.07) is 3.64. The van der Waals surface area contributed by atoms with Gasteiger partial charge in [-0.2, -0.15) is 4.98 Å². The molecule has 1 aliphatic heterocycles. The second kappa shape index (κ2) is 4.09. The van der Waals surface area contributed by atoms with Crippen molar-refractivity contribution < 1.29 is 8.94 Å². The van der Waals surface area contributed by atoms with Gasteiger partial charge in [-0.05, 0) is 31.5 Å². The summed E-state index contributed by atoms with van der Waals surface area (Å²) in [5.74, 6) is 2.23. The van der Waals surface area contributed by atoms with Crippen LogP contribution in [0.15, 0.2) is 27.3 Å². The Balaban J connectivity index is 1.82. The van der Waals surface area contributed by atoms with Gasteiger partial charge in [-0.15, -0.1) is 0 Å². The average molecular weight is 219 g/mol. The first kappa shape index (κ1) is 9.59. The first-order valence-corrected chi connectivity index (χ1v) is 5.51. The van der Waals surface area contributed by atoms with Crippen molar-refractivity contribution in [1.82, 2.24) is 15.5 Å². The first-order chi connectivity index (χ1) is 7.93. The highest BCUT2D eigenvalue weighted by Crippen LogP contribution is 2.24. The van der Waals surface area contributed by atoms with Crippen LogP contribution in [0.1, 0.15) is 24.7 Å². The average Bonchev–Trinajstić information content (AvgIpc) is 3.01. The Morgan fingerprint density at radius 1 is 1.44 bits per heavy atom. The molecule has 0 radical (unpaired) electrons. The molecule has 3 rings (SSSR count). The summed E-state index contributed by atoms with van der Waals surface area (Å²) in [7, 11) is 0. The molecule has 16 heavy (non-hydrogen) atoms. The molecule has 5 nitrogen and oxygen atoms in total. The molecule has 3 heterocycles. The number of rotatable bonds is 2. The van der Waals surface area contributed by atoms with Gasteiger partial charge in [0, 0.05) is 6.54 Å². The normalized spacial score (nSPS) is 21.1. The maximum atomic E-state index is 5.27. The molecule has 0 saturated carbocycles. The highest BCUT2D eigenvalue weighted by atomic mass is 16.5. The van der Waals surface area contributed by atoms with Crippen molar-refractivity contribution in [2.45, 2.75) is 18.8 Å². The van der Waals surface area contributed by atoms with E-state index in [-0.39, 0.29) is 0 Å². The highest BCUT2D eigenvalue weighted by Gasteiger charge is 2.22. The lowest BCUT2D eigenvalue weighted by Gasteiger charge is -2.18. The largest absolute Gasteiger partial charge is 0.461 e. The molecule has 0 aliphatic carbocycles. The maximum absolute atomic E-state index is 5.27. The van der Waals surface area contributed by atoms with E-state index in [0.29, 0.717) is 23.4 Å². The second-order valence-corrected chi connectivity index (χ2v) is 3.98. The van der Waals surface area contributed by atoms with Gasteiger partial charge in [0.05, 0.1) is 12.2 Å². The van der Waals surface area contributed by atoms with Crippen LogP contribution in [0.25, 0.3) is 11.6 Å². The van der Waals surface area contributed by atoms with E-state index in [0.717, 1.165) is 25.9 Å². The van der Waals surface area contributed by atoms with Crippen molar-refractivity contribution in [3.05, 3.63) is 24.3 Å². The number of furan rings is 1. The van der Waals surface area contributed by atoms with E-state index in [1.54, 1.807) is 6.26 Å². The molecule has 0 bridgehead atoms. The molecule has 1 aliphatic rings. The van der Waals surface area contributed by atoms with Crippen LogP contribution >= 0.6 is 0 Å². The summed E-state index contributed by atoms with van der Waals surface area (Å²) in [6.07, 6.45) is 3.86. The second-order valence-electron chi connectivity index (χ2n) is 3.98. The Morgan fingerprint density at radius 2 is 2.44 bits per heavy atom. The number of nitrogens with one attached hydrogen (secondary N) is 1. The number of hydrogen-bond acceptors (Lipinski definition) is 5. The predicted molar refractivity (Wildman–Crippen MR) is 56.8 cm³/mol. The quantitative estimate of drug-likeness (QED) is 0.834. The molecule has 1 fully saturated rings. The van der Waals surface area contributed by atoms with Gasteiger partial charge in [0.25, 0.3) is 0 Å². The van der Waals surface area contributed by atoms with Crippen molar-refractivity contribution in [2.75, 3.05) is 13.1 Å². The molecule has 2 aromatic rings. The fourth-order valence-corrected chi connectivity index (χ4v) is 1.97. The zero-order chi connectivity index (χ0) is 10.8. The van der Waals surface area contributed by atoms with Gasteiger partial charge in [-0.25, -0.2) is 0 Å². The van der Waals surface area contributed by atoms with Crippen molar-refractivity contribution in [2.24, 2.45) is 0 Å². The third-order valence-corrected chi connectivity index (χ3v) is 2.83. The number of nitrogens with zero attached hydrogens (tertiary/aromatic N) is 2. The lowest BCUT2D eigenvalue weighted by molar-refractivity contribution is 0.322. The predicted octanol–water partition coefficient (Wildman–Crippen LogP) is 1.80. The molecule has 1 unspecified atom stereocenters. The molecule has 0 spiro atoms. The topological polar surface area (TPSA) is 64.1 Å². The molecule has 5 heteroatoms. The first-order valence-electron chi connectivity index (χ1n) is 5.51. The molecular weight excluding hydrogens is 206 g/mol. The van der Waals surface area contributed by atoms with Crippen molar-refractivity contribution in [1.29, 1.82) is 0 Å². The molecular formula is C11H13N3O2. The van der Waals surface area contributed by atoms with Gasteiger partial charge in [0.15, 0.2) is 5.76 Å². The van der Waals surface area contributed by atoms with Crippen molar-refractivity contribution in [3.63, 3.8) is 0 Å². The smallest absolute Gasteiger partial charge is 0.238 e. The Labute approximate surface area is 92.8 Å². The van der Waals surface area contributed by atoms with Crippen LogP contribution in [0.3, 0.4) is 0 Å². The van der Waals surface area contributed by atoms with E-state index in [1.807, 2.05) is 12.1 Å². The highest BCUT2D eigenvalue weighted by molar-refractivity contribution is 5.44. The van der Waals surface area contributed by atoms with Crippen LogP contribution in [-0.4, -0.2) is 23.2 Å². The Hall–Kier alpha value is -1.62. The third-order valence-electron chi connectivity index (χ3n) is 2.83. The van der Waals surface area contributed by atoms with Gasteiger partial charge in [0.2, 0.25) is 11.7 Å². The van der Waals surface area contributed by atoms with Gasteiger partial charge in [-0.3, -0.25) is 0 Å². The van der Waals surface area contributed by atoms with E-state index in [9.17, 15) is 0 Å². The van der Waals surface area contributed by atoms with Gasteiger partial charge in [0.1, 0.15) is 0 Å². The van der Waals surface area contributed by atoms with Crippen LogP contribution in [0.5, 0.6) is 0 Å². The molecule has 0 amide bonds. The Kier molecular flexibility index (Phi) is 2.46. The van der Waals surface area contributed by atoms with E-state index < -0.39 is 0 Å². The fraction of sp³-hybridized carbons (Fsp3) is 0.455. The zero-order valence-electron chi connectivity index (χ0n) is 8.85. The molecule has 1 N–H and O–H groups in total. The zero-order valence-corrected chi connectivity index (χ0v) is 8.85. The minimum Gasteiger partial charge on any atom is -0.461 e. The van der Waals surface area contributed by atoms with Gasteiger partial charge < -0.3 is 14.3 Å². The maximum Gasteiger partial charge on any atom is 0.238 e. The van der Waals surface area contributed by atoms with E-state index in [4.69, 9.17) is 8.94 Å². The molecule has 2 aromatic heterocycles. The molecule has 0 aromatic carbocycles. The standard InChI is InChI=1S/C11H13N3O2/c1-3-8(7-12-5-1)11-13-10(14-16-11)9-4-2-6-15-9/h2,4,6,8,12H,1,3,5,7H2. The van der Waals surface area contributed by atoms with E-state index in [1.165, 1.54) is 0 Å². The summed E-state index contributed by atoms with van der Waals surface area (Å²) < 4.78 is 10.5. The number of piperidine rings is 1. The van der Waals surface area contributed by atoms with Crippen LogP contribution in [0.2, 0.25) is 0 Å². The summed E-state index contributed by atoms with van der Waals surface area (Å²) in [5, 5.41) is 7.25. The lowest BCUT2D eigenvalue weighted by atomic mass is 10.00. The number of aromatic nitrogens is 2. The Morgan fingerprint density at radius 3 is 3.19 bits per heavy atom. The van der Waals surface area contributed by atoms with E-state index in [2.05, 4.69) is 15.5 Å². The molecule has 84 valence electrons. The Bertz CT molecular complexity index is 444. The molecule has 1 saturated heterocycles. The summed E-state index contributed by atoms with van der Waals surface area (Å²) in [6.45, 7) is 2.00. The van der Waals surface area contributed by atoms with Crippen LogP contribution < -0.4 is 5.32 Å². The van der Waals surface area contributed by atoms with Crippen molar-refractivity contribution >= 4 is 0 Å². The van der Waals surface area contributed by atoms with Crippen molar-refractivity contribution in [3.8, 4) is 11.6 Å². The SMILES string of the molecule is c1coc(-c2noc(C3CCCNC3)n2)c1. The lowest BCUT2D eigenvalue weighted by Crippen LogP contribution is -2.28. The van der Waals surface area contributed by atoms with Crippen LogP contribution in [0.4, 0.5) is 0 Å². The summed E-state index contributed by atoms with van der Waals surface area (Å²) in [5.41, 5.74) is 0. The fourth-order valence-electron chi connectivity index (χ4n) is 1.97. The van der Waals surface area contributed by atoms with Gasteiger partial charge in [-0.1, -0.05) is 5.16 Å². The number of hydrogen-bond donors (Lipinski definition) is 1. The van der Waals surface area contributed by atoms with E-state index >= 15 is 0 Å². The molecule has 1 atom stereocenters. The summed E-state index contributed by atoms with van der Waals surface area (Å²) in [4.78, 5) is 4.36. The van der Waals surface area contributed by atoms with Gasteiger partial charge >= 0.3 is 0 Å². The monoisotopic (exact) mass is 219 g/mol. The minimum atomic E-state index is 0.338. The third kappa shape index (κ3) is 1.74. The van der Waals surface area contributed by atoms with Crippen LogP contribution in [-0.2, 0) is 0 Å².